The number of rotatable bonds is 6. The van der Waals surface area contributed by atoms with E-state index in [9.17, 15) is 0 Å². The summed E-state index contributed by atoms with van der Waals surface area (Å²) in [6, 6.07) is 0. The van der Waals surface area contributed by atoms with Gasteiger partial charge in [-0.3, -0.25) is 0 Å². The smallest absolute Gasteiger partial charge is 0.205 e. The van der Waals surface area contributed by atoms with Gasteiger partial charge in [0.05, 0.1) is 6.10 Å². The minimum absolute atomic E-state index is 0.402. The first-order chi connectivity index (χ1) is 9.36. The van der Waals surface area contributed by atoms with Crippen molar-refractivity contribution in [3.8, 4) is 0 Å². The van der Waals surface area contributed by atoms with Gasteiger partial charge in [0, 0.05) is 37.1 Å². The molecule has 1 saturated carbocycles. The number of anilines is 1. The average molecular weight is 282 g/mol. The van der Waals surface area contributed by atoms with Gasteiger partial charge >= 0.3 is 0 Å². The third-order valence-electron chi connectivity index (χ3n) is 3.79. The van der Waals surface area contributed by atoms with Crippen LogP contribution in [0.1, 0.15) is 43.8 Å². The molecule has 3 rings (SSSR count). The number of piperidine rings is 1. The lowest BCUT2D eigenvalue weighted by Crippen LogP contribution is -2.37. The maximum absolute atomic E-state index is 5.82. The fourth-order valence-corrected chi connectivity index (χ4v) is 3.21. The van der Waals surface area contributed by atoms with Crippen LogP contribution in [-0.4, -0.2) is 41.7 Å². The van der Waals surface area contributed by atoms with E-state index in [0.29, 0.717) is 18.6 Å². The lowest BCUT2D eigenvalue weighted by molar-refractivity contribution is 0.0366. The molecule has 5 nitrogen and oxygen atoms in total. The van der Waals surface area contributed by atoms with E-state index in [0.717, 1.165) is 49.9 Å². The second-order valence-corrected chi connectivity index (χ2v) is 6.14. The summed E-state index contributed by atoms with van der Waals surface area (Å²) < 4.78 is 10.3. The highest BCUT2D eigenvalue weighted by molar-refractivity contribution is 7.09. The Hall–Kier alpha value is -0.720. The van der Waals surface area contributed by atoms with Gasteiger partial charge in [-0.05, 0) is 38.6 Å². The summed E-state index contributed by atoms with van der Waals surface area (Å²) in [6.45, 7) is 3.58. The summed E-state index contributed by atoms with van der Waals surface area (Å²) in [4.78, 5) is 7.03. The molecule has 0 radical (unpaired) electrons. The highest BCUT2D eigenvalue weighted by Gasteiger charge is 2.29. The van der Waals surface area contributed by atoms with Crippen LogP contribution < -0.4 is 10.6 Å². The molecule has 6 heteroatoms. The molecular weight excluding hydrogens is 260 g/mol. The van der Waals surface area contributed by atoms with Crippen molar-refractivity contribution in [1.82, 2.24) is 9.36 Å². The molecule has 0 amide bonds. The molecule has 1 aliphatic carbocycles. The second kappa shape index (κ2) is 6.15. The van der Waals surface area contributed by atoms with Gasteiger partial charge in [0.25, 0.3) is 0 Å². The topological polar surface area (TPSA) is 64.3 Å². The number of hydrogen-bond acceptors (Lipinski definition) is 6. The summed E-state index contributed by atoms with van der Waals surface area (Å²) >= 11 is 1.55. The molecule has 2 fully saturated rings. The Morgan fingerprint density at radius 3 is 2.74 bits per heavy atom. The largest absolute Gasteiger partial charge is 0.378 e. The highest BCUT2D eigenvalue weighted by atomic mass is 32.1. The summed E-state index contributed by atoms with van der Waals surface area (Å²) in [6.07, 6.45) is 6.08. The van der Waals surface area contributed by atoms with E-state index >= 15 is 0 Å². The van der Waals surface area contributed by atoms with Crippen LogP contribution in [0.25, 0.3) is 0 Å². The Labute approximate surface area is 118 Å². The molecule has 1 aromatic rings. The number of nitrogens with zero attached hydrogens (tertiary/aromatic N) is 3. The van der Waals surface area contributed by atoms with E-state index in [4.69, 9.17) is 10.5 Å². The van der Waals surface area contributed by atoms with Crippen LogP contribution in [0.3, 0.4) is 0 Å². The first-order valence-electron chi connectivity index (χ1n) is 7.27. The lowest BCUT2D eigenvalue weighted by Gasteiger charge is -2.31. The monoisotopic (exact) mass is 282 g/mol. The van der Waals surface area contributed by atoms with Crippen LogP contribution in [-0.2, 0) is 4.74 Å². The van der Waals surface area contributed by atoms with Gasteiger partial charge in [0.2, 0.25) is 5.13 Å². The number of hydrogen-bond donors (Lipinski definition) is 1. The molecule has 0 spiro atoms. The summed E-state index contributed by atoms with van der Waals surface area (Å²) in [5.41, 5.74) is 5.47. The Bertz CT molecular complexity index is 399. The third-order valence-corrected chi connectivity index (χ3v) is 4.58. The molecular formula is C13H22N4OS. The van der Waals surface area contributed by atoms with Crippen molar-refractivity contribution >= 4 is 16.7 Å². The Balaban J connectivity index is 1.46. The zero-order chi connectivity index (χ0) is 13.1. The maximum atomic E-state index is 5.82. The molecule has 0 unspecified atom stereocenters. The number of aromatic nitrogens is 2. The first-order valence-corrected chi connectivity index (χ1v) is 8.04. The van der Waals surface area contributed by atoms with Crippen molar-refractivity contribution in [3.05, 3.63) is 5.82 Å². The van der Waals surface area contributed by atoms with Crippen LogP contribution in [0.2, 0.25) is 0 Å². The van der Waals surface area contributed by atoms with Crippen molar-refractivity contribution < 1.29 is 4.74 Å². The SMILES string of the molecule is NCCCOC1CCN(c2nc(C3CC3)ns2)CC1. The maximum Gasteiger partial charge on any atom is 0.205 e. The highest BCUT2D eigenvalue weighted by Crippen LogP contribution is 2.39. The van der Waals surface area contributed by atoms with Crippen molar-refractivity contribution in [3.63, 3.8) is 0 Å². The lowest BCUT2D eigenvalue weighted by atomic mass is 10.1. The zero-order valence-corrected chi connectivity index (χ0v) is 12.1. The molecule has 19 heavy (non-hydrogen) atoms. The van der Waals surface area contributed by atoms with Crippen LogP contribution in [0.15, 0.2) is 0 Å². The van der Waals surface area contributed by atoms with Gasteiger partial charge in [0.15, 0.2) is 0 Å². The third kappa shape index (κ3) is 3.43. The first kappa shape index (κ1) is 13.3. The minimum atomic E-state index is 0.402. The van der Waals surface area contributed by atoms with Gasteiger partial charge in [-0.15, -0.1) is 0 Å². The van der Waals surface area contributed by atoms with E-state index in [1.54, 1.807) is 11.5 Å². The minimum Gasteiger partial charge on any atom is -0.378 e. The predicted molar refractivity (Wildman–Crippen MR) is 76.7 cm³/mol. The second-order valence-electron chi connectivity index (χ2n) is 5.41. The van der Waals surface area contributed by atoms with E-state index in [1.165, 1.54) is 12.8 Å². The quantitative estimate of drug-likeness (QED) is 0.805. The van der Waals surface area contributed by atoms with E-state index < -0.39 is 0 Å². The van der Waals surface area contributed by atoms with Gasteiger partial charge < -0.3 is 15.4 Å². The van der Waals surface area contributed by atoms with Crippen LogP contribution in [0, 0.1) is 0 Å². The van der Waals surface area contributed by atoms with Gasteiger partial charge in [-0.2, -0.15) is 4.37 Å². The molecule has 0 bridgehead atoms. The number of ether oxygens (including phenoxy) is 1. The summed E-state index contributed by atoms with van der Waals surface area (Å²) in [7, 11) is 0. The predicted octanol–water partition coefficient (Wildman–Crippen LogP) is 1.75. The summed E-state index contributed by atoms with van der Waals surface area (Å²) in [5, 5.41) is 1.10. The van der Waals surface area contributed by atoms with E-state index in [-0.39, 0.29) is 0 Å². The normalized spacial score (nSPS) is 21.0. The van der Waals surface area contributed by atoms with Crippen molar-refractivity contribution in [2.24, 2.45) is 5.73 Å². The Kier molecular flexibility index (Phi) is 4.30. The summed E-state index contributed by atoms with van der Waals surface area (Å²) in [5.74, 6) is 1.73. The molecule has 106 valence electrons. The van der Waals surface area contributed by atoms with Crippen LogP contribution >= 0.6 is 11.5 Å². The average Bonchev–Trinajstić information content (AvgIpc) is 3.18. The molecule has 1 aromatic heterocycles. The molecule has 1 saturated heterocycles. The molecule has 0 aromatic carbocycles. The Morgan fingerprint density at radius 2 is 2.05 bits per heavy atom. The van der Waals surface area contributed by atoms with Gasteiger partial charge in [0.1, 0.15) is 5.82 Å². The standard InChI is InChI=1S/C13H22N4OS/c14-6-1-9-18-11-4-7-17(8-5-11)13-15-12(16-19-13)10-2-3-10/h10-11H,1-9,14H2. The molecule has 2 N–H and O–H groups in total. The molecule has 1 aliphatic heterocycles. The van der Waals surface area contributed by atoms with Crippen molar-refractivity contribution in [2.45, 2.75) is 44.1 Å². The fourth-order valence-electron chi connectivity index (χ4n) is 2.41. The fraction of sp³-hybridized carbons (Fsp3) is 0.846. The van der Waals surface area contributed by atoms with Crippen molar-refractivity contribution in [1.29, 1.82) is 0 Å². The van der Waals surface area contributed by atoms with Crippen molar-refractivity contribution in [2.75, 3.05) is 31.1 Å². The Morgan fingerprint density at radius 1 is 1.26 bits per heavy atom. The van der Waals surface area contributed by atoms with Crippen LogP contribution in [0.4, 0.5) is 5.13 Å². The van der Waals surface area contributed by atoms with E-state index in [2.05, 4.69) is 14.3 Å². The zero-order valence-electron chi connectivity index (χ0n) is 11.3. The van der Waals surface area contributed by atoms with Crippen LogP contribution in [0.5, 0.6) is 0 Å². The van der Waals surface area contributed by atoms with E-state index in [1.807, 2.05) is 0 Å². The molecule has 2 aliphatic rings. The van der Waals surface area contributed by atoms with Gasteiger partial charge in [-0.1, -0.05) is 0 Å². The molecule has 2 heterocycles. The number of nitrogens with two attached hydrogens (primary N) is 1. The molecule has 0 atom stereocenters. The van der Waals surface area contributed by atoms with Gasteiger partial charge in [-0.25, -0.2) is 4.98 Å².